The molecule has 2 aromatic carbocycles. The average Bonchev–Trinajstić information content (AvgIpc) is 2.35. The summed E-state index contributed by atoms with van der Waals surface area (Å²) in [6.45, 7) is 1.71. The molecule has 2 aromatic rings. The topological polar surface area (TPSA) is 52.6 Å². The highest BCUT2D eigenvalue weighted by atomic mass is 32.2. The maximum atomic E-state index is 11.1. The fourth-order valence-corrected chi connectivity index (χ4v) is 2.58. The van der Waals surface area contributed by atoms with Crippen LogP contribution in [0.25, 0.3) is 10.8 Å². The lowest BCUT2D eigenvalue weighted by atomic mass is 10.0. The Kier molecular flexibility index (Phi) is 3.78. The van der Waals surface area contributed by atoms with Crippen molar-refractivity contribution in [2.24, 2.45) is 0 Å². The molecule has 0 aliphatic rings. The summed E-state index contributed by atoms with van der Waals surface area (Å²) in [6.07, 6.45) is 0.552. The fraction of sp³-hybridized carbons (Fsp3) is 0.286. The monoisotopic (exact) mass is 280 g/mol. The number of fused-ring (bicyclic) bond motifs is 1. The molecule has 0 aliphatic carbocycles. The number of benzene rings is 2. The van der Waals surface area contributed by atoms with Crippen LogP contribution in [0, 0.1) is 0 Å². The predicted octanol–water partition coefficient (Wildman–Crippen LogP) is 2.89. The lowest BCUT2D eigenvalue weighted by Gasteiger charge is -2.12. The SMILES string of the molecule is COc1ccc2cc(C(C)OS(C)(=O)=O)ccc2c1. The van der Waals surface area contributed by atoms with Gasteiger partial charge in [0, 0.05) is 0 Å². The van der Waals surface area contributed by atoms with E-state index >= 15 is 0 Å². The minimum absolute atomic E-state index is 0.499. The van der Waals surface area contributed by atoms with E-state index in [1.807, 2.05) is 36.4 Å². The Morgan fingerprint density at radius 2 is 1.68 bits per heavy atom. The van der Waals surface area contributed by atoms with Gasteiger partial charge in [0.2, 0.25) is 0 Å². The highest BCUT2D eigenvalue weighted by Crippen LogP contribution is 2.26. The van der Waals surface area contributed by atoms with Gasteiger partial charge in [0.05, 0.1) is 19.5 Å². The first-order valence-corrected chi connectivity index (χ1v) is 7.66. The predicted molar refractivity (Wildman–Crippen MR) is 74.8 cm³/mol. The largest absolute Gasteiger partial charge is 0.497 e. The van der Waals surface area contributed by atoms with Crippen LogP contribution in [0.15, 0.2) is 36.4 Å². The van der Waals surface area contributed by atoms with Gasteiger partial charge in [0.1, 0.15) is 5.75 Å². The molecule has 1 unspecified atom stereocenters. The molecular formula is C14H16O4S. The van der Waals surface area contributed by atoms with Crippen LogP contribution in [-0.4, -0.2) is 21.8 Å². The smallest absolute Gasteiger partial charge is 0.264 e. The third kappa shape index (κ3) is 3.45. The molecule has 1 atom stereocenters. The number of hydrogen-bond donors (Lipinski definition) is 0. The van der Waals surface area contributed by atoms with E-state index < -0.39 is 16.2 Å². The van der Waals surface area contributed by atoms with E-state index in [1.165, 1.54) is 0 Å². The van der Waals surface area contributed by atoms with Crippen molar-refractivity contribution in [2.45, 2.75) is 13.0 Å². The molecule has 0 saturated carbocycles. The van der Waals surface area contributed by atoms with Crippen molar-refractivity contribution in [1.29, 1.82) is 0 Å². The third-order valence-electron chi connectivity index (χ3n) is 2.86. The Morgan fingerprint density at radius 1 is 1.05 bits per heavy atom. The summed E-state index contributed by atoms with van der Waals surface area (Å²) in [5.74, 6) is 0.792. The molecule has 0 aromatic heterocycles. The summed E-state index contributed by atoms with van der Waals surface area (Å²) in [7, 11) is -1.83. The first-order valence-electron chi connectivity index (χ1n) is 5.85. The van der Waals surface area contributed by atoms with Crippen LogP contribution < -0.4 is 4.74 Å². The Balaban J connectivity index is 2.36. The van der Waals surface area contributed by atoms with Crippen molar-refractivity contribution in [3.05, 3.63) is 42.0 Å². The van der Waals surface area contributed by atoms with Crippen LogP contribution in [0.5, 0.6) is 5.75 Å². The molecule has 0 radical (unpaired) electrons. The molecule has 0 bridgehead atoms. The number of methoxy groups -OCH3 is 1. The highest BCUT2D eigenvalue weighted by molar-refractivity contribution is 7.86. The molecule has 19 heavy (non-hydrogen) atoms. The fourth-order valence-electron chi connectivity index (χ4n) is 1.94. The van der Waals surface area contributed by atoms with Gasteiger partial charge in [-0.1, -0.05) is 18.2 Å². The van der Waals surface area contributed by atoms with E-state index in [4.69, 9.17) is 8.92 Å². The molecular weight excluding hydrogens is 264 g/mol. The Morgan fingerprint density at radius 3 is 2.32 bits per heavy atom. The Hall–Kier alpha value is -1.59. The van der Waals surface area contributed by atoms with Crippen molar-refractivity contribution in [1.82, 2.24) is 0 Å². The van der Waals surface area contributed by atoms with Gasteiger partial charge in [-0.05, 0) is 41.5 Å². The Labute approximate surface area is 113 Å². The number of rotatable bonds is 4. The van der Waals surface area contributed by atoms with Crippen molar-refractivity contribution in [3.63, 3.8) is 0 Å². The summed E-state index contributed by atoms with van der Waals surface area (Å²) >= 11 is 0. The van der Waals surface area contributed by atoms with E-state index in [-0.39, 0.29) is 0 Å². The summed E-state index contributed by atoms with van der Waals surface area (Å²) < 4.78 is 32.4. The van der Waals surface area contributed by atoms with Gasteiger partial charge < -0.3 is 4.74 Å². The van der Waals surface area contributed by atoms with Crippen molar-refractivity contribution in [3.8, 4) is 5.75 Å². The zero-order valence-electron chi connectivity index (χ0n) is 11.1. The first kappa shape index (κ1) is 13.8. The molecule has 5 heteroatoms. The van der Waals surface area contributed by atoms with Crippen molar-refractivity contribution < 1.29 is 17.3 Å². The van der Waals surface area contributed by atoms with Crippen LogP contribution in [0.3, 0.4) is 0 Å². The molecule has 0 saturated heterocycles. The summed E-state index contributed by atoms with van der Waals surface area (Å²) in [5, 5.41) is 2.05. The van der Waals surface area contributed by atoms with Gasteiger partial charge in [-0.15, -0.1) is 0 Å². The molecule has 0 N–H and O–H groups in total. The maximum absolute atomic E-state index is 11.1. The van der Waals surface area contributed by atoms with Gasteiger partial charge in [0.15, 0.2) is 0 Å². The second kappa shape index (κ2) is 5.19. The lowest BCUT2D eigenvalue weighted by molar-refractivity contribution is 0.237. The number of ether oxygens (including phenoxy) is 1. The lowest BCUT2D eigenvalue weighted by Crippen LogP contribution is -2.07. The van der Waals surface area contributed by atoms with E-state index in [1.54, 1.807) is 14.0 Å². The van der Waals surface area contributed by atoms with E-state index in [0.29, 0.717) is 0 Å². The van der Waals surface area contributed by atoms with Crippen LogP contribution >= 0.6 is 0 Å². The summed E-state index contributed by atoms with van der Waals surface area (Å²) in [6, 6.07) is 11.4. The zero-order valence-corrected chi connectivity index (χ0v) is 11.9. The van der Waals surface area contributed by atoms with E-state index in [0.717, 1.165) is 28.3 Å². The van der Waals surface area contributed by atoms with Crippen LogP contribution in [-0.2, 0) is 14.3 Å². The summed E-state index contributed by atoms with van der Waals surface area (Å²) in [4.78, 5) is 0. The molecule has 102 valence electrons. The van der Waals surface area contributed by atoms with Gasteiger partial charge in [-0.25, -0.2) is 0 Å². The third-order valence-corrected chi connectivity index (χ3v) is 3.50. The normalized spacial score (nSPS) is 13.4. The van der Waals surface area contributed by atoms with Crippen LogP contribution in [0.2, 0.25) is 0 Å². The van der Waals surface area contributed by atoms with Gasteiger partial charge in [-0.2, -0.15) is 8.42 Å². The molecule has 0 heterocycles. The molecule has 0 fully saturated rings. The highest BCUT2D eigenvalue weighted by Gasteiger charge is 2.12. The molecule has 0 spiro atoms. The van der Waals surface area contributed by atoms with E-state index in [2.05, 4.69) is 0 Å². The quantitative estimate of drug-likeness (QED) is 0.808. The van der Waals surface area contributed by atoms with Crippen LogP contribution in [0.4, 0.5) is 0 Å². The minimum atomic E-state index is -3.46. The zero-order chi connectivity index (χ0) is 14.0. The second-order valence-electron chi connectivity index (χ2n) is 4.42. The Bertz CT molecular complexity index is 692. The minimum Gasteiger partial charge on any atom is -0.497 e. The second-order valence-corrected chi connectivity index (χ2v) is 6.02. The molecule has 0 amide bonds. The maximum Gasteiger partial charge on any atom is 0.264 e. The average molecular weight is 280 g/mol. The molecule has 4 nitrogen and oxygen atoms in total. The van der Waals surface area contributed by atoms with E-state index in [9.17, 15) is 8.42 Å². The van der Waals surface area contributed by atoms with Crippen molar-refractivity contribution in [2.75, 3.05) is 13.4 Å². The van der Waals surface area contributed by atoms with Gasteiger partial charge in [-0.3, -0.25) is 4.18 Å². The van der Waals surface area contributed by atoms with Crippen molar-refractivity contribution >= 4 is 20.9 Å². The molecule has 0 aliphatic heterocycles. The standard InChI is InChI=1S/C14H16O4S/c1-10(18-19(3,15)16)11-4-5-13-9-14(17-2)7-6-12(13)8-11/h4-10H,1-3H3. The van der Waals surface area contributed by atoms with Gasteiger partial charge >= 0.3 is 0 Å². The number of hydrogen-bond acceptors (Lipinski definition) is 4. The summed E-state index contributed by atoms with van der Waals surface area (Å²) in [5.41, 5.74) is 0.822. The first-order chi connectivity index (χ1) is 8.89. The van der Waals surface area contributed by atoms with Gasteiger partial charge in [0.25, 0.3) is 10.1 Å². The van der Waals surface area contributed by atoms with Crippen LogP contribution in [0.1, 0.15) is 18.6 Å². The molecule has 2 rings (SSSR count).